The third kappa shape index (κ3) is 2.97. The Morgan fingerprint density at radius 3 is 2.57 bits per heavy atom. The van der Waals surface area contributed by atoms with Gasteiger partial charge in [0.05, 0.1) is 22.7 Å². The van der Waals surface area contributed by atoms with Gasteiger partial charge in [-0.25, -0.2) is 4.39 Å². The Morgan fingerprint density at radius 1 is 1.03 bits per heavy atom. The molecule has 0 saturated heterocycles. The first-order valence-corrected chi connectivity index (χ1v) is 10.2. The molecule has 6 heteroatoms. The summed E-state index contributed by atoms with van der Waals surface area (Å²) >= 11 is 6.14. The molecule has 0 unspecified atom stereocenters. The number of halogens is 2. The van der Waals surface area contributed by atoms with E-state index in [1.165, 1.54) is 12.1 Å². The van der Waals surface area contributed by atoms with E-state index in [1.54, 1.807) is 17.0 Å². The summed E-state index contributed by atoms with van der Waals surface area (Å²) in [5, 5.41) is 2.98. The molecule has 0 aliphatic carbocycles. The maximum Gasteiger partial charge on any atom is 0.254 e. The van der Waals surface area contributed by atoms with Crippen LogP contribution in [0.3, 0.4) is 0 Å². The number of fused-ring (bicyclic) bond motifs is 4. The van der Waals surface area contributed by atoms with Crippen molar-refractivity contribution >= 4 is 29.1 Å². The van der Waals surface area contributed by atoms with Crippen molar-refractivity contribution in [3.63, 3.8) is 0 Å². The summed E-state index contributed by atoms with van der Waals surface area (Å²) < 4.78 is 13.4. The highest BCUT2D eigenvalue weighted by Crippen LogP contribution is 2.46. The Hall–Kier alpha value is -3.18. The van der Waals surface area contributed by atoms with Gasteiger partial charge in [-0.1, -0.05) is 54.1 Å². The topological polar surface area (TPSA) is 49.4 Å². The zero-order valence-electron chi connectivity index (χ0n) is 15.9. The molecule has 0 radical (unpaired) electrons. The zero-order chi connectivity index (χ0) is 20.8. The lowest BCUT2D eigenvalue weighted by Crippen LogP contribution is -2.49. The fraction of sp³-hybridized carbons (Fsp3) is 0.167. The third-order valence-corrected chi connectivity index (χ3v) is 6.22. The van der Waals surface area contributed by atoms with Crippen LogP contribution >= 0.6 is 11.6 Å². The lowest BCUT2D eigenvalue weighted by Gasteiger charge is -2.45. The van der Waals surface area contributed by atoms with Crippen molar-refractivity contribution in [2.75, 3.05) is 11.9 Å². The van der Waals surface area contributed by atoms with Gasteiger partial charge in [0.2, 0.25) is 5.91 Å². The summed E-state index contributed by atoms with van der Waals surface area (Å²) in [6.45, 7) is 0.552. The highest BCUT2D eigenvalue weighted by Gasteiger charge is 2.46. The maximum absolute atomic E-state index is 13.5. The number of anilines is 1. The van der Waals surface area contributed by atoms with Crippen molar-refractivity contribution in [3.05, 3.63) is 99.8 Å². The van der Waals surface area contributed by atoms with Crippen LogP contribution in [0, 0.1) is 5.82 Å². The average molecular weight is 421 g/mol. The number of nitrogens with one attached hydrogen (secondary N) is 1. The number of amides is 2. The SMILES string of the molecule is O=C(Nc1ccc(F)cc1Cl)[C@H]1c2ccccc2C(=O)N2CCc3ccccc3[C@H]12. The monoisotopic (exact) mass is 420 g/mol. The second-order valence-electron chi connectivity index (χ2n) is 7.57. The maximum atomic E-state index is 13.5. The molecule has 1 N–H and O–H groups in total. The normalized spacial score (nSPS) is 19.5. The molecule has 0 aromatic heterocycles. The Kier molecular flexibility index (Phi) is 4.55. The van der Waals surface area contributed by atoms with E-state index in [0.717, 1.165) is 23.6 Å². The van der Waals surface area contributed by atoms with Crippen LogP contribution in [0.5, 0.6) is 0 Å². The predicted octanol–water partition coefficient (Wildman–Crippen LogP) is 4.95. The summed E-state index contributed by atoms with van der Waals surface area (Å²) in [4.78, 5) is 28.5. The molecule has 2 aliphatic rings. The van der Waals surface area contributed by atoms with Crippen LogP contribution in [0.1, 0.15) is 39.0 Å². The van der Waals surface area contributed by atoms with E-state index < -0.39 is 17.8 Å². The molecule has 2 atom stereocenters. The fourth-order valence-electron chi connectivity index (χ4n) is 4.56. The van der Waals surface area contributed by atoms with Gasteiger partial charge in [0.15, 0.2) is 0 Å². The van der Waals surface area contributed by atoms with E-state index >= 15 is 0 Å². The highest BCUT2D eigenvalue weighted by atomic mass is 35.5. The standard InChI is InChI=1S/C24H18ClFN2O2/c25-19-13-15(26)9-10-20(19)27-23(29)21-17-7-3-4-8-18(17)24(30)28-12-11-14-5-1-2-6-16(14)22(21)28/h1-10,13,21-22H,11-12H2,(H,27,29)/t21-,22+/m0/s1. The Labute approximate surface area is 178 Å². The molecular formula is C24H18ClFN2O2. The van der Waals surface area contributed by atoms with Gasteiger partial charge in [0.1, 0.15) is 5.82 Å². The third-order valence-electron chi connectivity index (χ3n) is 5.91. The predicted molar refractivity (Wildman–Crippen MR) is 113 cm³/mol. The van der Waals surface area contributed by atoms with Crippen molar-refractivity contribution in [2.24, 2.45) is 0 Å². The summed E-state index contributed by atoms with van der Waals surface area (Å²) in [6.07, 6.45) is 0.749. The number of benzene rings is 3. The van der Waals surface area contributed by atoms with Gasteiger partial charge in [-0.05, 0) is 47.4 Å². The first kappa shape index (κ1) is 18.8. The minimum absolute atomic E-state index is 0.0611. The van der Waals surface area contributed by atoms with Crippen molar-refractivity contribution < 1.29 is 14.0 Å². The van der Waals surface area contributed by atoms with Crippen molar-refractivity contribution in [3.8, 4) is 0 Å². The summed E-state index contributed by atoms with van der Waals surface area (Å²) in [6, 6.07) is 18.6. The van der Waals surface area contributed by atoms with Crippen molar-refractivity contribution in [2.45, 2.75) is 18.4 Å². The quantitative estimate of drug-likeness (QED) is 0.637. The molecular weight excluding hydrogens is 403 g/mol. The van der Waals surface area contributed by atoms with Gasteiger partial charge < -0.3 is 10.2 Å². The van der Waals surface area contributed by atoms with E-state index in [4.69, 9.17) is 11.6 Å². The lowest BCUT2D eigenvalue weighted by molar-refractivity contribution is -0.119. The Balaban J connectivity index is 1.63. The number of hydrogen-bond acceptors (Lipinski definition) is 2. The van der Waals surface area contributed by atoms with Crippen LogP contribution in [0.4, 0.5) is 10.1 Å². The number of nitrogens with zero attached hydrogens (tertiary/aromatic N) is 1. The number of rotatable bonds is 2. The molecule has 5 rings (SSSR count). The van der Waals surface area contributed by atoms with Crippen molar-refractivity contribution in [1.29, 1.82) is 0 Å². The largest absolute Gasteiger partial charge is 0.330 e. The number of carbonyl (C=O) groups is 2. The summed E-state index contributed by atoms with van der Waals surface area (Å²) in [5.74, 6) is -1.43. The summed E-state index contributed by atoms with van der Waals surface area (Å²) in [5.41, 5.74) is 3.70. The van der Waals surface area contributed by atoms with Gasteiger partial charge in [0.25, 0.3) is 5.91 Å². The first-order valence-electron chi connectivity index (χ1n) is 9.78. The summed E-state index contributed by atoms with van der Waals surface area (Å²) in [7, 11) is 0. The minimum Gasteiger partial charge on any atom is -0.330 e. The molecule has 3 aromatic rings. The zero-order valence-corrected chi connectivity index (χ0v) is 16.7. The molecule has 0 saturated carbocycles. The second kappa shape index (κ2) is 7.26. The van der Waals surface area contributed by atoms with Crippen LogP contribution in [0.15, 0.2) is 66.7 Å². The van der Waals surface area contributed by atoms with E-state index in [1.807, 2.05) is 36.4 Å². The Morgan fingerprint density at radius 2 is 1.77 bits per heavy atom. The lowest BCUT2D eigenvalue weighted by atomic mass is 9.76. The molecule has 0 spiro atoms. The van der Waals surface area contributed by atoms with Gasteiger partial charge in [0, 0.05) is 12.1 Å². The number of hydrogen-bond donors (Lipinski definition) is 1. The minimum atomic E-state index is -0.610. The molecule has 150 valence electrons. The van der Waals surface area contributed by atoms with Gasteiger partial charge >= 0.3 is 0 Å². The average Bonchev–Trinajstić information content (AvgIpc) is 2.76. The van der Waals surface area contributed by atoms with Crippen LogP contribution < -0.4 is 5.32 Å². The molecule has 0 fully saturated rings. The molecule has 4 nitrogen and oxygen atoms in total. The van der Waals surface area contributed by atoms with Crippen molar-refractivity contribution in [1.82, 2.24) is 4.90 Å². The fourth-order valence-corrected chi connectivity index (χ4v) is 4.77. The second-order valence-corrected chi connectivity index (χ2v) is 7.98. The first-order chi connectivity index (χ1) is 14.5. The molecule has 2 heterocycles. The van der Waals surface area contributed by atoms with Gasteiger partial charge in [-0.2, -0.15) is 0 Å². The van der Waals surface area contributed by atoms with Crippen LogP contribution in [-0.4, -0.2) is 23.3 Å². The van der Waals surface area contributed by atoms with Gasteiger partial charge in [-0.15, -0.1) is 0 Å². The molecule has 3 aromatic carbocycles. The molecule has 0 bridgehead atoms. The molecule has 2 amide bonds. The molecule has 2 aliphatic heterocycles. The van der Waals surface area contributed by atoms with Gasteiger partial charge in [-0.3, -0.25) is 9.59 Å². The molecule has 30 heavy (non-hydrogen) atoms. The Bertz CT molecular complexity index is 1180. The van der Waals surface area contributed by atoms with Crippen LogP contribution in [0.25, 0.3) is 0 Å². The van der Waals surface area contributed by atoms with E-state index in [2.05, 4.69) is 5.32 Å². The van der Waals surface area contributed by atoms with Crippen LogP contribution in [-0.2, 0) is 11.2 Å². The highest BCUT2D eigenvalue weighted by molar-refractivity contribution is 6.33. The number of carbonyl (C=O) groups excluding carboxylic acids is 2. The van der Waals surface area contributed by atoms with E-state index in [0.29, 0.717) is 23.4 Å². The van der Waals surface area contributed by atoms with Crippen LogP contribution in [0.2, 0.25) is 5.02 Å². The van der Waals surface area contributed by atoms with E-state index in [-0.39, 0.29) is 16.8 Å². The van der Waals surface area contributed by atoms with E-state index in [9.17, 15) is 14.0 Å². The smallest absolute Gasteiger partial charge is 0.254 e.